The fourth-order valence-corrected chi connectivity index (χ4v) is 2.99. The molecular formula is C17H20FNO4S. The Labute approximate surface area is 141 Å². The molecule has 2 aromatic rings. The maximum atomic E-state index is 13.5. The first-order valence-corrected chi connectivity index (χ1v) is 8.93. The number of benzene rings is 2. The number of rotatable bonds is 3. The Hall–Kier alpha value is -1.80. The number of hydrogen-bond acceptors (Lipinski definition) is 4. The molecule has 0 amide bonds. The van der Waals surface area contributed by atoms with Gasteiger partial charge < -0.3 is 10.1 Å². The number of nitrogens with one attached hydrogen (secondary N) is 1. The van der Waals surface area contributed by atoms with Gasteiger partial charge in [-0.25, -0.2) is 4.39 Å². The molecule has 2 aromatic carbocycles. The topological polar surface area (TPSA) is 75.6 Å². The Morgan fingerprint density at radius 2 is 1.92 bits per heavy atom. The second-order valence-corrected chi connectivity index (χ2v) is 6.69. The van der Waals surface area contributed by atoms with E-state index in [1.807, 2.05) is 13.1 Å². The Balaban J connectivity index is 0.000000185. The van der Waals surface area contributed by atoms with Gasteiger partial charge in [-0.1, -0.05) is 30.3 Å². The first-order valence-electron chi connectivity index (χ1n) is 7.49. The summed E-state index contributed by atoms with van der Waals surface area (Å²) in [6.45, 7) is 1.34. The van der Waals surface area contributed by atoms with Crippen LogP contribution in [0, 0.1) is 5.82 Å². The van der Waals surface area contributed by atoms with E-state index in [0.29, 0.717) is 13.2 Å². The van der Waals surface area contributed by atoms with E-state index >= 15 is 0 Å². The average Bonchev–Trinajstić information content (AvgIpc) is 2.56. The number of halogens is 1. The number of ether oxygens (including phenoxy) is 1. The van der Waals surface area contributed by atoms with Crippen LogP contribution in [0.1, 0.15) is 17.2 Å². The third-order valence-corrected chi connectivity index (χ3v) is 4.45. The molecule has 5 nitrogen and oxygen atoms in total. The lowest BCUT2D eigenvalue weighted by atomic mass is 9.97. The van der Waals surface area contributed by atoms with Gasteiger partial charge in [0.1, 0.15) is 5.82 Å². The summed E-state index contributed by atoms with van der Waals surface area (Å²) < 4.78 is 48.3. The lowest BCUT2D eigenvalue weighted by Crippen LogP contribution is -2.26. The summed E-state index contributed by atoms with van der Waals surface area (Å²) in [4.78, 5) is -0.0741. The third-order valence-electron chi connectivity index (χ3n) is 3.59. The summed E-state index contributed by atoms with van der Waals surface area (Å²) in [7, 11) is -2.16. The molecule has 24 heavy (non-hydrogen) atoms. The summed E-state index contributed by atoms with van der Waals surface area (Å²) in [6.07, 6.45) is 0.678. The minimum Gasteiger partial charge on any atom is -0.372 e. The highest BCUT2D eigenvalue weighted by atomic mass is 32.2. The fourth-order valence-electron chi connectivity index (χ4n) is 2.49. The van der Waals surface area contributed by atoms with E-state index in [2.05, 4.69) is 5.32 Å². The van der Waals surface area contributed by atoms with Crippen molar-refractivity contribution in [3.8, 4) is 0 Å². The van der Waals surface area contributed by atoms with Crippen molar-refractivity contribution >= 4 is 10.1 Å². The maximum absolute atomic E-state index is 13.5. The van der Waals surface area contributed by atoms with Gasteiger partial charge in [-0.05, 0) is 37.2 Å². The monoisotopic (exact) mass is 353 g/mol. The summed E-state index contributed by atoms with van der Waals surface area (Å²) in [5.41, 5.74) is 1.81. The van der Waals surface area contributed by atoms with Crippen LogP contribution < -0.4 is 5.32 Å². The van der Waals surface area contributed by atoms with Crippen LogP contribution in [-0.4, -0.2) is 33.2 Å². The molecule has 1 heterocycles. The minimum atomic E-state index is -4.00. The zero-order valence-electron chi connectivity index (χ0n) is 13.3. The fraction of sp³-hybridized carbons (Fsp3) is 0.294. The Morgan fingerprint density at radius 3 is 2.50 bits per heavy atom. The predicted molar refractivity (Wildman–Crippen MR) is 89.0 cm³/mol. The smallest absolute Gasteiger partial charge is 0.294 e. The van der Waals surface area contributed by atoms with Gasteiger partial charge in [0.25, 0.3) is 10.1 Å². The van der Waals surface area contributed by atoms with Gasteiger partial charge in [-0.3, -0.25) is 4.55 Å². The maximum Gasteiger partial charge on any atom is 0.294 e. The number of fused-ring (bicyclic) bond motifs is 1. The van der Waals surface area contributed by atoms with Gasteiger partial charge in [0.05, 0.1) is 17.6 Å². The van der Waals surface area contributed by atoms with Crippen molar-refractivity contribution in [1.29, 1.82) is 0 Å². The summed E-state index contributed by atoms with van der Waals surface area (Å²) in [5.74, 6) is -0.151. The molecule has 0 radical (unpaired) electrons. The van der Waals surface area contributed by atoms with E-state index in [1.165, 1.54) is 18.2 Å². The van der Waals surface area contributed by atoms with Gasteiger partial charge in [-0.15, -0.1) is 0 Å². The summed E-state index contributed by atoms with van der Waals surface area (Å²) in [5, 5.41) is 3.01. The molecule has 130 valence electrons. The van der Waals surface area contributed by atoms with Gasteiger partial charge in [-0.2, -0.15) is 8.42 Å². The zero-order valence-corrected chi connectivity index (χ0v) is 14.1. The van der Waals surface area contributed by atoms with Gasteiger partial charge in [0, 0.05) is 12.1 Å². The molecule has 0 spiro atoms. The van der Waals surface area contributed by atoms with Crippen molar-refractivity contribution in [2.75, 3.05) is 20.2 Å². The molecule has 7 heteroatoms. The van der Waals surface area contributed by atoms with Crippen molar-refractivity contribution in [1.82, 2.24) is 5.32 Å². The second-order valence-electron chi connectivity index (χ2n) is 5.27. The molecule has 1 atom stereocenters. The summed E-state index contributed by atoms with van der Waals surface area (Å²) >= 11 is 0. The van der Waals surface area contributed by atoms with Gasteiger partial charge in [0.2, 0.25) is 0 Å². The molecule has 1 aliphatic heterocycles. The SMILES string of the molecule is CNCC1OCCc2cccc(F)c21.O=S(=O)(O)c1ccccc1. The highest BCUT2D eigenvalue weighted by Gasteiger charge is 2.23. The van der Waals surface area contributed by atoms with E-state index in [9.17, 15) is 12.8 Å². The van der Waals surface area contributed by atoms with Crippen LogP contribution in [0.3, 0.4) is 0 Å². The van der Waals surface area contributed by atoms with E-state index in [-0.39, 0.29) is 16.8 Å². The van der Waals surface area contributed by atoms with Gasteiger partial charge >= 0.3 is 0 Å². The van der Waals surface area contributed by atoms with Crippen molar-refractivity contribution in [3.05, 3.63) is 65.5 Å². The van der Waals surface area contributed by atoms with Crippen LogP contribution >= 0.6 is 0 Å². The lowest BCUT2D eigenvalue weighted by molar-refractivity contribution is 0.0410. The standard InChI is InChI=1S/C11H14FNO.C6H6O3S/c1-13-7-10-11-8(5-6-14-10)3-2-4-9(11)12;7-10(8,9)6-4-2-1-3-5-6/h2-4,10,13H,5-7H2,1H3;1-5H,(H,7,8,9). The van der Waals surface area contributed by atoms with Crippen molar-refractivity contribution in [2.45, 2.75) is 17.4 Å². The van der Waals surface area contributed by atoms with E-state index in [0.717, 1.165) is 17.5 Å². The first-order chi connectivity index (χ1) is 11.4. The molecule has 0 aliphatic carbocycles. The van der Waals surface area contributed by atoms with Crippen LogP contribution in [0.2, 0.25) is 0 Å². The molecule has 0 saturated carbocycles. The molecule has 1 aliphatic rings. The Kier molecular flexibility index (Phi) is 6.44. The zero-order chi connectivity index (χ0) is 17.6. The van der Waals surface area contributed by atoms with Crippen LogP contribution in [0.5, 0.6) is 0 Å². The van der Waals surface area contributed by atoms with Crippen LogP contribution in [0.4, 0.5) is 4.39 Å². The minimum absolute atomic E-state index is 0.0741. The van der Waals surface area contributed by atoms with Gasteiger partial charge in [0.15, 0.2) is 0 Å². The molecule has 1 unspecified atom stereocenters. The number of hydrogen-bond donors (Lipinski definition) is 2. The normalized spacial score (nSPS) is 16.7. The van der Waals surface area contributed by atoms with Crippen LogP contribution in [0.15, 0.2) is 53.4 Å². The highest BCUT2D eigenvalue weighted by Crippen LogP contribution is 2.28. The summed E-state index contributed by atoms with van der Waals surface area (Å²) in [6, 6.07) is 12.7. The Morgan fingerprint density at radius 1 is 1.21 bits per heavy atom. The molecule has 0 aromatic heterocycles. The molecule has 0 bridgehead atoms. The number of likely N-dealkylation sites (N-methyl/N-ethyl adjacent to an activating group) is 1. The predicted octanol–water partition coefficient (Wildman–Crippen LogP) is 2.59. The van der Waals surface area contributed by atoms with Crippen molar-refractivity contribution < 1.29 is 22.1 Å². The molecule has 0 fully saturated rings. The first kappa shape index (κ1) is 18.5. The van der Waals surface area contributed by atoms with Crippen molar-refractivity contribution in [3.63, 3.8) is 0 Å². The second kappa shape index (κ2) is 8.34. The van der Waals surface area contributed by atoms with E-state index in [4.69, 9.17) is 9.29 Å². The van der Waals surface area contributed by atoms with Crippen LogP contribution in [-0.2, 0) is 21.3 Å². The molecule has 2 N–H and O–H groups in total. The lowest BCUT2D eigenvalue weighted by Gasteiger charge is -2.26. The highest BCUT2D eigenvalue weighted by molar-refractivity contribution is 7.85. The van der Waals surface area contributed by atoms with Crippen molar-refractivity contribution in [2.24, 2.45) is 0 Å². The third kappa shape index (κ3) is 4.85. The Bertz CT molecular complexity index is 765. The van der Waals surface area contributed by atoms with Crippen LogP contribution in [0.25, 0.3) is 0 Å². The van der Waals surface area contributed by atoms with E-state index < -0.39 is 10.1 Å². The quantitative estimate of drug-likeness (QED) is 0.830. The largest absolute Gasteiger partial charge is 0.372 e. The molecular weight excluding hydrogens is 333 g/mol. The van der Waals surface area contributed by atoms with E-state index in [1.54, 1.807) is 24.3 Å². The average molecular weight is 353 g/mol. The molecule has 0 saturated heterocycles. The molecule has 3 rings (SSSR count).